The lowest BCUT2D eigenvalue weighted by Crippen LogP contribution is -2.61. The topological polar surface area (TPSA) is 84.8 Å². The number of carbonyl (C=O) groups is 1. The Kier molecular flexibility index (Phi) is 3.83. The SMILES string of the molecule is COc1ncnc2ccc(C3(O)CN(C(=O)OC(C)(C)C)C3)cc12. The molecule has 1 aliphatic rings. The van der Waals surface area contributed by atoms with Crippen molar-refractivity contribution >= 4 is 17.0 Å². The van der Waals surface area contributed by atoms with Gasteiger partial charge in [-0.1, -0.05) is 6.07 Å². The Morgan fingerprint density at radius 3 is 2.62 bits per heavy atom. The summed E-state index contributed by atoms with van der Waals surface area (Å²) in [5.41, 5.74) is -0.231. The first kappa shape index (κ1) is 16.4. The van der Waals surface area contributed by atoms with Crippen molar-refractivity contribution in [3.8, 4) is 5.88 Å². The van der Waals surface area contributed by atoms with Crippen LogP contribution in [0.2, 0.25) is 0 Å². The van der Waals surface area contributed by atoms with E-state index in [1.165, 1.54) is 18.3 Å². The summed E-state index contributed by atoms with van der Waals surface area (Å²) in [7, 11) is 1.54. The van der Waals surface area contributed by atoms with Gasteiger partial charge < -0.3 is 19.5 Å². The molecule has 1 amide bonds. The molecule has 0 aliphatic carbocycles. The van der Waals surface area contributed by atoms with Crippen molar-refractivity contribution in [2.75, 3.05) is 20.2 Å². The molecule has 1 saturated heterocycles. The van der Waals surface area contributed by atoms with Crippen LogP contribution < -0.4 is 4.74 Å². The average molecular weight is 331 g/mol. The number of benzene rings is 1. The van der Waals surface area contributed by atoms with Crippen LogP contribution in [0.25, 0.3) is 10.9 Å². The van der Waals surface area contributed by atoms with Crippen molar-refractivity contribution in [3.63, 3.8) is 0 Å². The molecule has 24 heavy (non-hydrogen) atoms. The number of aromatic nitrogens is 2. The second kappa shape index (κ2) is 5.59. The van der Waals surface area contributed by atoms with Gasteiger partial charge in [0.1, 0.15) is 17.5 Å². The molecule has 1 fully saturated rings. The zero-order valence-electron chi connectivity index (χ0n) is 14.2. The molecule has 2 heterocycles. The first-order chi connectivity index (χ1) is 11.2. The van der Waals surface area contributed by atoms with Gasteiger partial charge in [0.2, 0.25) is 5.88 Å². The Balaban J connectivity index is 1.81. The highest BCUT2D eigenvalue weighted by atomic mass is 16.6. The number of amides is 1. The van der Waals surface area contributed by atoms with Crippen molar-refractivity contribution < 1.29 is 19.4 Å². The standard InChI is InChI=1S/C17H21N3O4/c1-16(2,3)24-15(21)20-8-17(22,9-20)11-5-6-13-12(7-11)14(23-4)19-10-18-13/h5-7,10,22H,8-9H2,1-4H3. The molecule has 1 aromatic carbocycles. The van der Waals surface area contributed by atoms with Gasteiger partial charge in [0.05, 0.1) is 31.1 Å². The maximum atomic E-state index is 12.0. The van der Waals surface area contributed by atoms with E-state index >= 15 is 0 Å². The Labute approximate surface area is 140 Å². The minimum Gasteiger partial charge on any atom is -0.480 e. The fourth-order valence-electron chi connectivity index (χ4n) is 2.71. The van der Waals surface area contributed by atoms with Crippen LogP contribution in [0.3, 0.4) is 0 Å². The maximum absolute atomic E-state index is 12.0. The van der Waals surface area contributed by atoms with Crippen molar-refractivity contribution in [2.45, 2.75) is 32.0 Å². The van der Waals surface area contributed by atoms with Crippen LogP contribution in [-0.4, -0.2) is 51.9 Å². The smallest absolute Gasteiger partial charge is 0.410 e. The Morgan fingerprint density at radius 1 is 1.29 bits per heavy atom. The number of likely N-dealkylation sites (tertiary alicyclic amines) is 1. The predicted octanol–water partition coefficient (Wildman–Crippen LogP) is 2.08. The number of β-amino-alcohol motifs (C(OH)–C–C–N with tert-alkyl or cyclic N) is 1. The van der Waals surface area contributed by atoms with Gasteiger partial charge in [-0.25, -0.2) is 14.8 Å². The third-order valence-corrected chi connectivity index (χ3v) is 3.89. The molecule has 1 aromatic heterocycles. The molecule has 3 rings (SSSR count). The fourth-order valence-corrected chi connectivity index (χ4v) is 2.71. The Bertz CT molecular complexity index is 779. The van der Waals surface area contributed by atoms with E-state index < -0.39 is 17.3 Å². The molecule has 1 aliphatic heterocycles. The molecule has 0 radical (unpaired) electrons. The Hall–Kier alpha value is -2.41. The summed E-state index contributed by atoms with van der Waals surface area (Å²) in [6.07, 6.45) is 1.01. The van der Waals surface area contributed by atoms with Crippen molar-refractivity contribution in [2.24, 2.45) is 0 Å². The van der Waals surface area contributed by atoms with Gasteiger partial charge in [0, 0.05) is 0 Å². The van der Waals surface area contributed by atoms with E-state index in [9.17, 15) is 9.90 Å². The van der Waals surface area contributed by atoms with Gasteiger partial charge in [0.15, 0.2) is 0 Å². The molecule has 128 valence electrons. The zero-order chi connectivity index (χ0) is 17.5. The second-order valence-corrected chi connectivity index (χ2v) is 6.98. The van der Waals surface area contributed by atoms with E-state index in [-0.39, 0.29) is 13.1 Å². The second-order valence-electron chi connectivity index (χ2n) is 6.98. The molecule has 0 bridgehead atoms. The highest BCUT2D eigenvalue weighted by Crippen LogP contribution is 2.35. The van der Waals surface area contributed by atoms with Crippen LogP contribution in [0.1, 0.15) is 26.3 Å². The lowest BCUT2D eigenvalue weighted by molar-refractivity contribution is -0.103. The first-order valence-electron chi connectivity index (χ1n) is 7.71. The van der Waals surface area contributed by atoms with E-state index in [0.29, 0.717) is 11.4 Å². The van der Waals surface area contributed by atoms with E-state index in [2.05, 4.69) is 9.97 Å². The summed E-state index contributed by atoms with van der Waals surface area (Å²) in [6, 6.07) is 5.42. The van der Waals surface area contributed by atoms with Crippen LogP contribution in [0.15, 0.2) is 24.5 Å². The predicted molar refractivity (Wildman–Crippen MR) is 87.8 cm³/mol. The van der Waals surface area contributed by atoms with Gasteiger partial charge in [0.25, 0.3) is 0 Å². The van der Waals surface area contributed by atoms with E-state index in [0.717, 1.165) is 10.9 Å². The number of nitrogens with zero attached hydrogens (tertiary/aromatic N) is 3. The molecular weight excluding hydrogens is 310 g/mol. The molecular formula is C17H21N3O4. The number of methoxy groups -OCH3 is 1. The van der Waals surface area contributed by atoms with Gasteiger partial charge >= 0.3 is 6.09 Å². The van der Waals surface area contributed by atoms with Gasteiger partial charge in [-0.15, -0.1) is 0 Å². The molecule has 0 spiro atoms. The number of hydrogen-bond donors (Lipinski definition) is 1. The molecule has 0 saturated carbocycles. The third kappa shape index (κ3) is 2.99. The number of aliphatic hydroxyl groups is 1. The summed E-state index contributed by atoms with van der Waals surface area (Å²) in [6.45, 7) is 5.80. The third-order valence-electron chi connectivity index (χ3n) is 3.89. The minimum atomic E-state index is -1.11. The molecule has 0 unspecified atom stereocenters. The highest BCUT2D eigenvalue weighted by molar-refractivity contribution is 5.84. The van der Waals surface area contributed by atoms with E-state index in [1.807, 2.05) is 26.8 Å². The summed E-state index contributed by atoms with van der Waals surface area (Å²) in [5, 5.41) is 11.5. The quantitative estimate of drug-likeness (QED) is 0.907. The molecule has 7 heteroatoms. The monoisotopic (exact) mass is 331 g/mol. The lowest BCUT2D eigenvalue weighted by Gasteiger charge is -2.46. The van der Waals surface area contributed by atoms with Crippen LogP contribution in [0, 0.1) is 0 Å². The van der Waals surface area contributed by atoms with Gasteiger partial charge in [-0.3, -0.25) is 0 Å². The minimum absolute atomic E-state index is 0.184. The summed E-state index contributed by atoms with van der Waals surface area (Å²) in [4.78, 5) is 21.8. The maximum Gasteiger partial charge on any atom is 0.410 e. The van der Waals surface area contributed by atoms with Gasteiger partial charge in [-0.2, -0.15) is 0 Å². The normalized spacial score (nSPS) is 16.6. The van der Waals surface area contributed by atoms with Crippen LogP contribution in [-0.2, 0) is 10.3 Å². The van der Waals surface area contributed by atoms with Crippen molar-refractivity contribution in [1.29, 1.82) is 0 Å². The van der Waals surface area contributed by atoms with E-state index in [1.54, 1.807) is 12.1 Å². The largest absolute Gasteiger partial charge is 0.480 e. The zero-order valence-corrected chi connectivity index (χ0v) is 14.2. The summed E-state index contributed by atoms with van der Waals surface area (Å²) >= 11 is 0. The number of fused-ring (bicyclic) bond motifs is 1. The fraction of sp³-hybridized carbons (Fsp3) is 0.471. The number of carbonyl (C=O) groups excluding carboxylic acids is 1. The summed E-state index contributed by atoms with van der Waals surface area (Å²) in [5.74, 6) is 0.453. The molecule has 7 nitrogen and oxygen atoms in total. The van der Waals surface area contributed by atoms with Crippen LogP contribution >= 0.6 is 0 Å². The first-order valence-corrected chi connectivity index (χ1v) is 7.71. The molecule has 0 atom stereocenters. The number of rotatable bonds is 2. The Morgan fingerprint density at radius 2 is 2.00 bits per heavy atom. The van der Waals surface area contributed by atoms with Crippen molar-refractivity contribution in [3.05, 3.63) is 30.1 Å². The lowest BCUT2D eigenvalue weighted by atomic mass is 9.86. The number of ether oxygens (including phenoxy) is 2. The van der Waals surface area contributed by atoms with E-state index in [4.69, 9.17) is 9.47 Å². The molecule has 1 N–H and O–H groups in total. The van der Waals surface area contributed by atoms with Crippen molar-refractivity contribution in [1.82, 2.24) is 14.9 Å². The molecule has 2 aromatic rings. The summed E-state index contributed by atoms with van der Waals surface area (Å²) < 4.78 is 10.6. The van der Waals surface area contributed by atoms with Crippen LogP contribution in [0.4, 0.5) is 4.79 Å². The highest BCUT2D eigenvalue weighted by Gasteiger charge is 2.46. The average Bonchev–Trinajstić information content (AvgIpc) is 2.48. The van der Waals surface area contributed by atoms with Crippen LogP contribution in [0.5, 0.6) is 5.88 Å². The number of hydrogen-bond acceptors (Lipinski definition) is 6. The van der Waals surface area contributed by atoms with Gasteiger partial charge in [-0.05, 0) is 38.5 Å².